The minimum Gasteiger partial charge on any atom is -0.455 e. The number of hydrogen-bond acceptors (Lipinski definition) is 1. The summed E-state index contributed by atoms with van der Waals surface area (Å²) < 4.78 is 6.82. The molecule has 0 amide bonds. The molecule has 1 aliphatic carbocycles. The molecule has 1 aromatic heterocycles. The summed E-state index contributed by atoms with van der Waals surface area (Å²) in [6.45, 7) is 4.70. The van der Waals surface area contributed by atoms with Crippen LogP contribution in [0, 0.1) is 0 Å². The summed E-state index contributed by atoms with van der Waals surface area (Å²) in [6, 6.07) is 62.3. The molecule has 0 bridgehead atoms. The maximum absolute atomic E-state index is 6.82. The van der Waals surface area contributed by atoms with Crippen LogP contribution in [0.25, 0.3) is 98.8 Å². The van der Waals surface area contributed by atoms with E-state index in [0.29, 0.717) is 0 Å². The van der Waals surface area contributed by atoms with Crippen LogP contribution in [-0.2, 0) is 5.41 Å². The summed E-state index contributed by atoms with van der Waals surface area (Å²) >= 11 is 0. The zero-order valence-corrected chi connectivity index (χ0v) is 29.1. The summed E-state index contributed by atoms with van der Waals surface area (Å²) in [5.74, 6) is 0. The van der Waals surface area contributed by atoms with Crippen LogP contribution in [0.3, 0.4) is 0 Å². The molecule has 10 aromatic rings. The molecule has 0 fully saturated rings. The van der Waals surface area contributed by atoms with E-state index in [1.807, 2.05) is 0 Å². The molecule has 52 heavy (non-hydrogen) atoms. The summed E-state index contributed by atoms with van der Waals surface area (Å²) in [7, 11) is 0. The SMILES string of the molecule is CC1(C)c2cc(-c3ccc(-c4c5ccccc5c(-c5ccccc5)c5ccccc45)cc3)ccc2-c2c1ccc1c2oc2c3ccccc3ccc12. The molecule has 11 rings (SSSR count). The fourth-order valence-electron chi connectivity index (χ4n) is 9.14. The molecule has 0 atom stereocenters. The van der Waals surface area contributed by atoms with Gasteiger partial charge < -0.3 is 4.42 Å². The van der Waals surface area contributed by atoms with Gasteiger partial charge in [0, 0.05) is 27.1 Å². The van der Waals surface area contributed by atoms with Crippen molar-refractivity contribution in [3.05, 3.63) is 181 Å². The lowest BCUT2D eigenvalue weighted by molar-refractivity contribution is 0.654. The maximum Gasteiger partial charge on any atom is 0.143 e. The van der Waals surface area contributed by atoms with E-state index in [1.165, 1.54) is 93.3 Å². The number of rotatable bonds is 3. The Kier molecular flexibility index (Phi) is 6.08. The summed E-state index contributed by atoms with van der Waals surface area (Å²) in [4.78, 5) is 0. The first-order chi connectivity index (χ1) is 25.6. The maximum atomic E-state index is 6.82. The van der Waals surface area contributed by atoms with E-state index >= 15 is 0 Å². The minimum atomic E-state index is -0.159. The van der Waals surface area contributed by atoms with Crippen molar-refractivity contribution in [2.45, 2.75) is 19.3 Å². The van der Waals surface area contributed by atoms with Crippen LogP contribution in [-0.4, -0.2) is 0 Å². The Morgan fingerprint density at radius 3 is 1.54 bits per heavy atom. The van der Waals surface area contributed by atoms with Gasteiger partial charge in [-0.1, -0.05) is 172 Å². The first-order valence-corrected chi connectivity index (χ1v) is 18.2. The van der Waals surface area contributed by atoms with Gasteiger partial charge in [0.05, 0.1) is 0 Å². The first-order valence-electron chi connectivity index (χ1n) is 18.2. The topological polar surface area (TPSA) is 13.1 Å². The molecule has 9 aromatic carbocycles. The van der Waals surface area contributed by atoms with Crippen molar-refractivity contribution >= 4 is 54.3 Å². The van der Waals surface area contributed by atoms with E-state index in [2.05, 4.69) is 184 Å². The Hall–Kier alpha value is -6.44. The first kappa shape index (κ1) is 29.3. The summed E-state index contributed by atoms with van der Waals surface area (Å²) in [5.41, 5.74) is 14.5. The van der Waals surface area contributed by atoms with Gasteiger partial charge >= 0.3 is 0 Å². The molecule has 0 spiro atoms. The molecule has 1 aliphatic rings. The predicted molar refractivity (Wildman–Crippen MR) is 220 cm³/mol. The Morgan fingerprint density at radius 1 is 0.346 bits per heavy atom. The molecule has 0 saturated carbocycles. The Bertz CT molecular complexity index is 3010. The van der Waals surface area contributed by atoms with Crippen LogP contribution in [0.5, 0.6) is 0 Å². The summed E-state index contributed by atoms with van der Waals surface area (Å²) in [6.07, 6.45) is 0. The highest BCUT2D eigenvalue weighted by Crippen LogP contribution is 2.54. The minimum absolute atomic E-state index is 0.159. The Morgan fingerprint density at radius 2 is 0.865 bits per heavy atom. The van der Waals surface area contributed by atoms with Crippen LogP contribution in [0.15, 0.2) is 174 Å². The van der Waals surface area contributed by atoms with Gasteiger partial charge in [0.2, 0.25) is 0 Å². The highest BCUT2D eigenvalue weighted by atomic mass is 16.3. The lowest BCUT2D eigenvalue weighted by Crippen LogP contribution is -2.14. The molecule has 0 radical (unpaired) electrons. The number of benzene rings is 9. The third-order valence-corrected chi connectivity index (χ3v) is 11.7. The third kappa shape index (κ3) is 4.05. The molecular weight excluding hydrogens is 629 g/mol. The average Bonchev–Trinajstić information content (AvgIpc) is 3.69. The van der Waals surface area contributed by atoms with Crippen molar-refractivity contribution in [1.82, 2.24) is 0 Å². The van der Waals surface area contributed by atoms with Gasteiger partial charge in [-0.05, 0) is 89.1 Å². The van der Waals surface area contributed by atoms with Crippen LogP contribution in [0.1, 0.15) is 25.0 Å². The van der Waals surface area contributed by atoms with Gasteiger partial charge in [-0.25, -0.2) is 0 Å². The van der Waals surface area contributed by atoms with Crippen molar-refractivity contribution in [3.8, 4) is 44.5 Å². The fraction of sp³-hybridized carbons (Fsp3) is 0.0588. The van der Waals surface area contributed by atoms with Crippen LogP contribution < -0.4 is 0 Å². The smallest absolute Gasteiger partial charge is 0.143 e. The van der Waals surface area contributed by atoms with Gasteiger partial charge in [0.1, 0.15) is 11.2 Å². The standard InChI is InChI=1S/C51H34O/c1-51(2)44-29-28-42-41-26-24-32-12-6-7-15-36(32)49(41)52-50(42)48(44)43-27-25-35(30-45(43)51)31-20-22-34(23-21-31)47-39-18-10-8-16-37(39)46(33-13-4-3-5-14-33)38-17-9-11-19-40(38)47/h3-30H,1-2H3. The lowest BCUT2D eigenvalue weighted by Gasteiger charge is -2.22. The molecule has 1 heteroatoms. The second-order valence-electron chi connectivity index (χ2n) is 14.8. The molecule has 1 heterocycles. The molecule has 0 unspecified atom stereocenters. The van der Waals surface area contributed by atoms with Crippen molar-refractivity contribution in [3.63, 3.8) is 0 Å². The van der Waals surface area contributed by atoms with Crippen molar-refractivity contribution in [2.24, 2.45) is 0 Å². The number of hydrogen-bond donors (Lipinski definition) is 0. The van der Waals surface area contributed by atoms with E-state index < -0.39 is 0 Å². The van der Waals surface area contributed by atoms with Crippen LogP contribution >= 0.6 is 0 Å². The van der Waals surface area contributed by atoms with Crippen LogP contribution in [0.4, 0.5) is 0 Å². The monoisotopic (exact) mass is 662 g/mol. The van der Waals surface area contributed by atoms with E-state index in [9.17, 15) is 0 Å². The average molecular weight is 663 g/mol. The van der Waals surface area contributed by atoms with Gasteiger partial charge in [-0.3, -0.25) is 0 Å². The largest absolute Gasteiger partial charge is 0.455 e. The number of fused-ring (bicyclic) bond motifs is 11. The second-order valence-corrected chi connectivity index (χ2v) is 14.8. The number of furan rings is 1. The zero-order chi connectivity index (χ0) is 34.6. The van der Waals surface area contributed by atoms with Gasteiger partial charge in [-0.2, -0.15) is 0 Å². The predicted octanol–water partition coefficient (Wildman–Crippen LogP) is 14.4. The molecular formula is C51H34O. The Balaban J connectivity index is 1.04. The Labute approximate surface area is 302 Å². The van der Waals surface area contributed by atoms with E-state index in [0.717, 1.165) is 16.6 Å². The molecule has 1 nitrogen and oxygen atoms in total. The van der Waals surface area contributed by atoms with Crippen molar-refractivity contribution < 1.29 is 4.42 Å². The highest BCUT2D eigenvalue weighted by Gasteiger charge is 2.38. The molecule has 0 N–H and O–H groups in total. The zero-order valence-electron chi connectivity index (χ0n) is 29.1. The normalized spacial score (nSPS) is 13.3. The molecule has 244 valence electrons. The third-order valence-electron chi connectivity index (χ3n) is 11.7. The summed E-state index contributed by atoms with van der Waals surface area (Å²) in [5, 5.41) is 9.82. The fourth-order valence-corrected chi connectivity index (χ4v) is 9.14. The lowest BCUT2D eigenvalue weighted by atomic mass is 9.81. The second kappa shape index (κ2) is 10.8. The highest BCUT2D eigenvalue weighted by molar-refractivity contribution is 6.22. The molecule has 0 aliphatic heterocycles. The van der Waals surface area contributed by atoms with Crippen molar-refractivity contribution in [2.75, 3.05) is 0 Å². The quantitative estimate of drug-likeness (QED) is 0.172. The van der Waals surface area contributed by atoms with Crippen LogP contribution in [0.2, 0.25) is 0 Å². The molecule has 0 saturated heterocycles. The van der Waals surface area contributed by atoms with E-state index in [-0.39, 0.29) is 5.41 Å². The van der Waals surface area contributed by atoms with Crippen molar-refractivity contribution in [1.29, 1.82) is 0 Å². The van der Waals surface area contributed by atoms with E-state index in [1.54, 1.807) is 0 Å². The van der Waals surface area contributed by atoms with Gasteiger partial charge in [-0.15, -0.1) is 0 Å². The van der Waals surface area contributed by atoms with E-state index in [4.69, 9.17) is 4.42 Å². The van der Waals surface area contributed by atoms with Gasteiger partial charge in [0.25, 0.3) is 0 Å². The van der Waals surface area contributed by atoms with Gasteiger partial charge in [0.15, 0.2) is 0 Å².